The van der Waals surface area contributed by atoms with E-state index < -0.39 is 0 Å². The number of fused-ring (bicyclic) bond motifs is 1. The summed E-state index contributed by atoms with van der Waals surface area (Å²) in [6, 6.07) is 21.8. The molecule has 1 unspecified atom stereocenters. The van der Waals surface area contributed by atoms with Crippen molar-refractivity contribution in [3.8, 4) is 6.07 Å². The van der Waals surface area contributed by atoms with Gasteiger partial charge in [0.25, 0.3) is 5.56 Å². The SMILES string of the molecule is CC[C@@H]1CN(c2cc(=O)n(C)c3ccc(C#N)nc23)[C@@H](C)CN1C(c1ccc(F)cc1)c1ccc(Cl)cc1. The summed E-state index contributed by atoms with van der Waals surface area (Å²) in [5, 5.41) is 10.1. The van der Waals surface area contributed by atoms with Gasteiger partial charge in [-0.3, -0.25) is 9.69 Å². The third-order valence-corrected chi connectivity index (χ3v) is 7.80. The molecule has 5 rings (SSSR count). The molecule has 2 aromatic heterocycles. The third kappa shape index (κ3) is 4.78. The lowest BCUT2D eigenvalue weighted by Gasteiger charge is -2.49. The summed E-state index contributed by atoms with van der Waals surface area (Å²) in [5.41, 5.74) is 4.37. The van der Waals surface area contributed by atoms with Crippen molar-refractivity contribution in [1.29, 1.82) is 5.26 Å². The lowest BCUT2D eigenvalue weighted by molar-refractivity contribution is 0.116. The van der Waals surface area contributed by atoms with Gasteiger partial charge in [0.05, 0.1) is 17.2 Å². The number of piperazine rings is 1. The highest BCUT2D eigenvalue weighted by molar-refractivity contribution is 6.30. The Hall–Kier alpha value is -3.73. The van der Waals surface area contributed by atoms with Gasteiger partial charge in [-0.15, -0.1) is 0 Å². The Morgan fingerprint density at radius 2 is 1.74 bits per heavy atom. The fourth-order valence-electron chi connectivity index (χ4n) is 5.54. The van der Waals surface area contributed by atoms with Crippen LogP contribution in [0.4, 0.5) is 10.1 Å². The molecule has 0 bridgehead atoms. The molecule has 2 aromatic carbocycles. The van der Waals surface area contributed by atoms with E-state index in [4.69, 9.17) is 11.6 Å². The van der Waals surface area contributed by atoms with Crippen molar-refractivity contribution in [2.24, 2.45) is 7.05 Å². The Kier molecular flexibility index (Phi) is 7.20. The number of aryl methyl sites for hydroxylation is 1. The first-order chi connectivity index (χ1) is 18.3. The smallest absolute Gasteiger partial charge is 0.252 e. The fourth-order valence-corrected chi connectivity index (χ4v) is 5.66. The second-order valence-electron chi connectivity index (χ2n) is 9.87. The van der Waals surface area contributed by atoms with Crippen LogP contribution in [-0.4, -0.2) is 39.6 Å². The molecule has 1 aliphatic heterocycles. The molecule has 1 fully saturated rings. The van der Waals surface area contributed by atoms with E-state index in [0.717, 1.165) is 23.2 Å². The van der Waals surface area contributed by atoms with Crippen molar-refractivity contribution in [3.63, 3.8) is 0 Å². The number of pyridine rings is 2. The highest BCUT2D eigenvalue weighted by atomic mass is 35.5. The van der Waals surface area contributed by atoms with Crippen LogP contribution < -0.4 is 10.5 Å². The third-order valence-electron chi connectivity index (χ3n) is 7.55. The predicted octanol–water partition coefficient (Wildman–Crippen LogP) is 5.68. The first kappa shape index (κ1) is 25.9. The number of hydrogen-bond donors (Lipinski definition) is 0. The van der Waals surface area contributed by atoms with Crippen LogP contribution in [0.25, 0.3) is 11.0 Å². The summed E-state index contributed by atoms with van der Waals surface area (Å²) in [4.78, 5) is 22.2. The molecule has 0 saturated carbocycles. The van der Waals surface area contributed by atoms with E-state index >= 15 is 0 Å². The maximum Gasteiger partial charge on any atom is 0.252 e. The molecule has 3 atom stereocenters. The van der Waals surface area contributed by atoms with Gasteiger partial charge in [-0.2, -0.15) is 5.26 Å². The van der Waals surface area contributed by atoms with Crippen LogP contribution in [-0.2, 0) is 7.05 Å². The molecule has 4 aromatic rings. The minimum atomic E-state index is -0.268. The maximum atomic E-state index is 13.8. The second kappa shape index (κ2) is 10.6. The quantitative estimate of drug-likeness (QED) is 0.333. The van der Waals surface area contributed by atoms with E-state index in [1.165, 1.54) is 12.1 Å². The maximum absolute atomic E-state index is 13.8. The molecule has 8 heteroatoms. The van der Waals surface area contributed by atoms with Gasteiger partial charge >= 0.3 is 0 Å². The number of hydrogen-bond acceptors (Lipinski definition) is 5. The number of halogens is 2. The van der Waals surface area contributed by atoms with Crippen molar-refractivity contribution in [2.75, 3.05) is 18.0 Å². The van der Waals surface area contributed by atoms with Crippen molar-refractivity contribution in [3.05, 3.63) is 105 Å². The molecule has 6 nitrogen and oxygen atoms in total. The van der Waals surface area contributed by atoms with Gasteiger partial charge in [0.2, 0.25) is 0 Å². The summed E-state index contributed by atoms with van der Waals surface area (Å²) < 4.78 is 15.4. The molecular weight excluding hydrogens is 501 g/mol. The zero-order valence-electron chi connectivity index (χ0n) is 21.6. The standard InChI is InChI=1S/C30H29ClFN5O/c1-4-25-18-36(27-15-28(38)35(3)26-14-13-24(16-33)34-29(26)27)19(2)17-37(25)30(20-5-9-22(31)10-6-20)21-7-11-23(32)12-8-21/h5-15,19,25,30H,4,17-18H2,1-3H3/t19-,25+,30?/m0/s1. The summed E-state index contributed by atoms with van der Waals surface area (Å²) >= 11 is 6.21. The van der Waals surface area contributed by atoms with E-state index in [9.17, 15) is 14.4 Å². The molecule has 1 saturated heterocycles. The first-order valence-electron chi connectivity index (χ1n) is 12.7. The number of nitriles is 1. The van der Waals surface area contributed by atoms with Crippen molar-refractivity contribution >= 4 is 28.3 Å². The van der Waals surface area contributed by atoms with Crippen LogP contribution in [0.1, 0.15) is 43.1 Å². The zero-order chi connectivity index (χ0) is 27.0. The van der Waals surface area contributed by atoms with E-state index in [1.54, 1.807) is 29.8 Å². The van der Waals surface area contributed by atoms with Crippen LogP contribution in [0.2, 0.25) is 5.02 Å². The Morgan fingerprint density at radius 1 is 1.08 bits per heavy atom. The molecule has 0 radical (unpaired) electrons. The summed E-state index contributed by atoms with van der Waals surface area (Å²) in [6.45, 7) is 5.67. The molecule has 0 spiro atoms. The normalized spacial score (nSPS) is 18.9. The van der Waals surface area contributed by atoms with Crippen LogP contribution in [0, 0.1) is 17.1 Å². The Morgan fingerprint density at radius 3 is 2.37 bits per heavy atom. The number of anilines is 1. The van der Waals surface area contributed by atoms with E-state index in [1.807, 2.05) is 36.4 Å². The van der Waals surface area contributed by atoms with Crippen molar-refractivity contribution in [1.82, 2.24) is 14.5 Å². The molecule has 0 aliphatic carbocycles. The van der Waals surface area contributed by atoms with Crippen LogP contribution in [0.3, 0.4) is 0 Å². The van der Waals surface area contributed by atoms with Crippen LogP contribution in [0.15, 0.2) is 71.5 Å². The van der Waals surface area contributed by atoms with Gasteiger partial charge in [-0.25, -0.2) is 9.37 Å². The fraction of sp³-hybridized carbons (Fsp3) is 0.300. The van der Waals surface area contributed by atoms with Gasteiger partial charge < -0.3 is 9.47 Å². The monoisotopic (exact) mass is 529 g/mol. The predicted molar refractivity (Wildman–Crippen MR) is 149 cm³/mol. The van der Waals surface area contributed by atoms with Gasteiger partial charge in [0.15, 0.2) is 0 Å². The Bertz CT molecular complexity index is 1520. The number of nitrogens with zero attached hydrogens (tertiary/aromatic N) is 5. The molecule has 0 amide bonds. The van der Waals surface area contributed by atoms with E-state index in [-0.39, 0.29) is 29.5 Å². The average molecular weight is 530 g/mol. The number of rotatable bonds is 5. The van der Waals surface area contributed by atoms with Crippen molar-refractivity contribution < 1.29 is 4.39 Å². The van der Waals surface area contributed by atoms with Gasteiger partial charge in [-0.1, -0.05) is 42.8 Å². The van der Waals surface area contributed by atoms with Gasteiger partial charge in [0, 0.05) is 43.3 Å². The number of aromatic nitrogens is 2. The van der Waals surface area contributed by atoms with Crippen molar-refractivity contribution in [2.45, 2.75) is 38.4 Å². The molecule has 3 heterocycles. The summed E-state index contributed by atoms with van der Waals surface area (Å²) in [6.07, 6.45) is 0.869. The number of benzene rings is 2. The minimum absolute atomic E-state index is 0.0379. The molecular formula is C30H29ClFN5O. The Labute approximate surface area is 226 Å². The largest absolute Gasteiger partial charge is 0.364 e. The van der Waals surface area contributed by atoms with Crippen LogP contribution >= 0.6 is 11.6 Å². The highest BCUT2D eigenvalue weighted by Crippen LogP contribution is 2.37. The zero-order valence-corrected chi connectivity index (χ0v) is 22.4. The molecule has 38 heavy (non-hydrogen) atoms. The Balaban J connectivity index is 1.58. The van der Waals surface area contributed by atoms with Crippen LogP contribution in [0.5, 0.6) is 0 Å². The molecule has 0 N–H and O–H groups in total. The van der Waals surface area contributed by atoms with E-state index in [0.29, 0.717) is 34.8 Å². The molecule has 194 valence electrons. The summed E-state index contributed by atoms with van der Waals surface area (Å²) in [7, 11) is 1.72. The summed E-state index contributed by atoms with van der Waals surface area (Å²) in [5.74, 6) is -0.268. The van der Waals surface area contributed by atoms with E-state index in [2.05, 4.69) is 34.7 Å². The lowest BCUT2D eigenvalue weighted by Crippen LogP contribution is -2.58. The molecule has 1 aliphatic rings. The second-order valence-corrected chi connectivity index (χ2v) is 10.3. The lowest BCUT2D eigenvalue weighted by atomic mass is 9.92. The van der Waals surface area contributed by atoms with Gasteiger partial charge in [-0.05, 0) is 60.9 Å². The highest BCUT2D eigenvalue weighted by Gasteiger charge is 2.37. The average Bonchev–Trinajstić information content (AvgIpc) is 2.93. The topological polar surface area (TPSA) is 65.2 Å². The van der Waals surface area contributed by atoms with Gasteiger partial charge in [0.1, 0.15) is 23.1 Å². The minimum Gasteiger partial charge on any atom is -0.364 e. The first-order valence-corrected chi connectivity index (χ1v) is 13.1.